The van der Waals surface area contributed by atoms with Crippen LogP contribution < -0.4 is 4.90 Å². The SMILES string of the molecule is Cc1nnc(N2CCN(S(=O)(=O)c3cccs3)CC2)s1. The van der Waals surface area contributed by atoms with Crippen molar-refractivity contribution in [2.45, 2.75) is 11.1 Å². The Morgan fingerprint density at radius 3 is 2.50 bits per heavy atom. The van der Waals surface area contributed by atoms with Crippen LogP contribution in [-0.4, -0.2) is 49.1 Å². The number of aryl methyl sites for hydroxylation is 1. The first kappa shape index (κ1) is 13.9. The number of piperazine rings is 1. The fourth-order valence-electron chi connectivity index (χ4n) is 2.07. The van der Waals surface area contributed by atoms with E-state index in [-0.39, 0.29) is 0 Å². The second-order valence-electron chi connectivity index (χ2n) is 4.43. The summed E-state index contributed by atoms with van der Waals surface area (Å²) in [6, 6.07) is 3.41. The molecule has 1 aliphatic heterocycles. The van der Waals surface area contributed by atoms with Gasteiger partial charge in [0.1, 0.15) is 9.22 Å². The summed E-state index contributed by atoms with van der Waals surface area (Å²) in [5, 5.41) is 11.7. The number of sulfonamides is 1. The summed E-state index contributed by atoms with van der Waals surface area (Å²) in [7, 11) is -3.33. The lowest BCUT2D eigenvalue weighted by Gasteiger charge is -2.33. The molecule has 0 radical (unpaired) electrons. The minimum Gasteiger partial charge on any atom is -0.344 e. The quantitative estimate of drug-likeness (QED) is 0.851. The van der Waals surface area contributed by atoms with Crippen LogP contribution in [0.5, 0.6) is 0 Å². The van der Waals surface area contributed by atoms with Crippen LogP contribution in [0.25, 0.3) is 0 Å². The van der Waals surface area contributed by atoms with Crippen molar-refractivity contribution in [3.63, 3.8) is 0 Å². The van der Waals surface area contributed by atoms with Gasteiger partial charge in [0.15, 0.2) is 0 Å². The number of rotatable bonds is 3. The highest BCUT2D eigenvalue weighted by atomic mass is 32.2. The van der Waals surface area contributed by atoms with Gasteiger partial charge in [-0.1, -0.05) is 17.4 Å². The van der Waals surface area contributed by atoms with Gasteiger partial charge >= 0.3 is 0 Å². The number of thiophene rings is 1. The summed E-state index contributed by atoms with van der Waals surface area (Å²) in [5.41, 5.74) is 0. The highest BCUT2D eigenvalue weighted by molar-refractivity contribution is 7.91. The van der Waals surface area contributed by atoms with Gasteiger partial charge in [0.25, 0.3) is 10.0 Å². The molecule has 1 saturated heterocycles. The number of anilines is 1. The maximum absolute atomic E-state index is 12.4. The molecule has 0 unspecified atom stereocenters. The van der Waals surface area contributed by atoms with E-state index in [2.05, 4.69) is 15.1 Å². The normalized spacial score (nSPS) is 17.6. The summed E-state index contributed by atoms with van der Waals surface area (Å²) in [6.07, 6.45) is 0. The van der Waals surface area contributed by atoms with Crippen LogP contribution in [0.3, 0.4) is 0 Å². The lowest BCUT2D eigenvalue weighted by atomic mass is 10.4. The number of hydrogen-bond donors (Lipinski definition) is 0. The Morgan fingerprint density at radius 1 is 1.20 bits per heavy atom. The molecule has 6 nitrogen and oxygen atoms in total. The predicted molar refractivity (Wildman–Crippen MR) is 79.9 cm³/mol. The van der Waals surface area contributed by atoms with E-state index in [1.807, 2.05) is 6.92 Å². The fraction of sp³-hybridized carbons (Fsp3) is 0.455. The Hall–Kier alpha value is -1.03. The van der Waals surface area contributed by atoms with Crippen LogP contribution >= 0.6 is 22.7 Å². The molecule has 20 heavy (non-hydrogen) atoms. The maximum Gasteiger partial charge on any atom is 0.252 e. The van der Waals surface area contributed by atoms with Crippen molar-refractivity contribution in [2.75, 3.05) is 31.1 Å². The maximum atomic E-state index is 12.4. The van der Waals surface area contributed by atoms with Gasteiger partial charge in [-0.2, -0.15) is 4.31 Å². The third-order valence-corrected chi connectivity index (χ3v) is 7.28. The Morgan fingerprint density at radius 2 is 1.95 bits per heavy atom. The molecule has 0 atom stereocenters. The average Bonchev–Trinajstić information content (AvgIpc) is 3.10. The van der Waals surface area contributed by atoms with Crippen LogP contribution in [0.15, 0.2) is 21.7 Å². The van der Waals surface area contributed by atoms with E-state index in [0.29, 0.717) is 30.4 Å². The molecule has 2 aromatic rings. The molecule has 3 heterocycles. The topological polar surface area (TPSA) is 66.4 Å². The van der Waals surface area contributed by atoms with Gasteiger partial charge in [-0.25, -0.2) is 8.42 Å². The Bertz CT molecular complexity index is 672. The Labute approximate surface area is 125 Å². The zero-order valence-electron chi connectivity index (χ0n) is 10.9. The minimum atomic E-state index is -3.33. The summed E-state index contributed by atoms with van der Waals surface area (Å²) in [4.78, 5) is 2.09. The van der Waals surface area contributed by atoms with Crippen molar-refractivity contribution < 1.29 is 8.42 Å². The van der Waals surface area contributed by atoms with Gasteiger partial charge in [0.2, 0.25) is 5.13 Å². The number of aromatic nitrogens is 2. The van der Waals surface area contributed by atoms with E-state index in [1.54, 1.807) is 21.8 Å². The first-order chi connectivity index (χ1) is 9.57. The molecular formula is C11H14N4O2S3. The van der Waals surface area contributed by atoms with Gasteiger partial charge < -0.3 is 4.90 Å². The first-order valence-corrected chi connectivity index (χ1v) is 9.30. The zero-order valence-corrected chi connectivity index (χ0v) is 13.3. The molecule has 0 aliphatic carbocycles. The third-order valence-electron chi connectivity index (χ3n) is 3.11. The van der Waals surface area contributed by atoms with Gasteiger partial charge in [0, 0.05) is 26.2 Å². The van der Waals surface area contributed by atoms with E-state index in [0.717, 1.165) is 10.1 Å². The number of nitrogens with zero attached hydrogens (tertiary/aromatic N) is 4. The van der Waals surface area contributed by atoms with Crippen molar-refractivity contribution in [1.29, 1.82) is 0 Å². The molecule has 0 N–H and O–H groups in total. The molecule has 9 heteroatoms. The van der Waals surface area contributed by atoms with E-state index < -0.39 is 10.0 Å². The van der Waals surface area contributed by atoms with Crippen LogP contribution in [0.2, 0.25) is 0 Å². The molecule has 0 bridgehead atoms. The molecule has 0 aromatic carbocycles. The van der Waals surface area contributed by atoms with E-state index in [1.165, 1.54) is 22.7 Å². The van der Waals surface area contributed by atoms with Crippen LogP contribution in [-0.2, 0) is 10.0 Å². The van der Waals surface area contributed by atoms with E-state index in [9.17, 15) is 8.42 Å². The molecule has 0 saturated carbocycles. The summed E-state index contributed by atoms with van der Waals surface area (Å²) < 4.78 is 26.7. The van der Waals surface area contributed by atoms with Crippen molar-refractivity contribution in [3.8, 4) is 0 Å². The van der Waals surface area contributed by atoms with Gasteiger partial charge in [-0.05, 0) is 18.4 Å². The number of hydrogen-bond acceptors (Lipinski definition) is 7. The highest BCUT2D eigenvalue weighted by Gasteiger charge is 2.29. The lowest BCUT2D eigenvalue weighted by Crippen LogP contribution is -2.48. The smallest absolute Gasteiger partial charge is 0.252 e. The molecule has 3 rings (SSSR count). The summed E-state index contributed by atoms with van der Waals surface area (Å²) in [5.74, 6) is 0. The monoisotopic (exact) mass is 330 g/mol. The van der Waals surface area contributed by atoms with Crippen LogP contribution in [0.4, 0.5) is 5.13 Å². The third kappa shape index (κ3) is 2.58. The summed E-state index contributed by atoms with van der Waals surface area (Å²) in [6.45, 7) is 4.19. The predicted octanol–water partition coefficient (Wildman–Crippen LogP) is 1.42. The van der Waals surface area contributed by atoms with Gasteiger partial charge in [-0.3, -0.25) is 0 Å². The van der Waals surface area contributed by atoms with Crippen molar-refractivity contribution in [2.24, 2.45) is 0 Å². The Balaban J connectivity index is 1.70. The van der Waals surface area contributed by atoms with Crippen molar-refractivity contribution in [3.05, 3.63) is 22.5 Å². The van der Waals surface area contributed by atoms with Crippen molar-refractivity contribution >= 4 is 37.8 Å². The van der Waals surface area contributed by atoms with Crippen LogP contribution in [0, 0.1) is 6.92 Å². The standard InChI is InChI=1S/C11H14N4O2S3/c1-9-12-13-11(19-9)14-4-6-15(7-5-14)20(16,17)10-3-2-8-18-10/h2-3,8H,4-7H2,1H3. The second-order valence-corrected chi connectivity index (χ2v) is 8.70. The lowest BCUT2D eigenvalue weighted by molar-refractivity contribution is 0.385. The largest absolute Gasteiger partial charge is 0.344 e. The van der Waals surface area contributed by atoms with Crippen molar-refractivity contribution in [1.82, 2.24) is 14.5 Å². The molecule has 1 aliphatic rings. The highest BCUT2D eigenvalue weighted by Crippen LogP contribution is 2.25. The van der Waals surface area contributed by atoms with Crippen LogP contribution in [0.1, 0.15) is 5.01 Å². The van der Waals surface area contributed by atoms with Gasteiger partial charge in [-0.15, -0.1) is 21.5 Å². The molecular weight excluding hydrogens is 316 g/mol. The molecule has 0 spiro atoms. The van der Waals surface area contributed by atoms with Gasteiger partial charge in [0.05, 0.1) is 0 Å². The van der Waals surface area contributed by atoms with E-state index >= 15 is 0 Å². The average molecular weight is 330 g/mol. The Kier molecular flexibility index (Phi) is 3.76. The molecule has 1 fully saturated rings. The van der Waals surface area contributed by atoms with E-state index in [4.69, 9.17) is 0 Å². The minimum absolute atomic E-state index is 0.415. The first-order valence-electron chi connectivity index (χ1n) is 6.16. The molecule has 108 valence electrons. The second kappa shape index (κ2) is 5.40. The molecule has 2 aromatic heterocycles. The molecule has 0 amide bonds. The fourth-order valence-corrected chi connectivity index (χ4v) is 5.38. The zero-order chi connectivity index (χ0) is 14.2. The summed E-state index contributed by atoms with van der Waals surface area (Å²) >= 11 is 2.80.